The molecule has 0 N–H and O–H groups in total. The fraction of sp³-hybridized carbons (Fsp3) is 0.412. The highest BCUT2D eigenvalue weighted by atomic mass is 32.2. The number of aryl methyl sites for hydroxylation is 2. The van der Waals surface area contributed by atoms with Crippen LogP contribution in [0.25, 0.3) is 0 Å². The molecule has 0 unspecified atom stereocenters. The van der Waals surface area contributed by atoms with Crippen molar-refractivity contribution in [2.75, 3.05) is 12.5 Å². The molecule has 3 rings (SSSR count). The van der Waals surface area contributed by atoms with Crippen LogP contribution >= 0.6 is 11.8 Å². The van der Waals surface area contributed by atoms with Crippen LogP contribution in [-0.4, -0.2) is 28.6 Å². The summed E-state index contributed by atoms with van der Waals surface area (Å²) in [5, 5.41) is 15.0. The molecule has 1 aliphatic heterocycles. The number of nitrogens with zero attached hydrogens (tertiary/aromatic N) is 2. The van der Waals surface area contributed by atoms with Crippen LogP contribution in [0.1, 0.15) is 28.1 Å². The summed E-state index contributed by atoms with van der Waals surface area (Å²) in [6.45, 7) is 3.84. The first-order valence-corrected chi connectivity index (χ1v) is 9.27. The first kappa shape index (κ1) is 19.2. The maximum Gasteiger partial charge on any atom is 0.316 e. The number of hydrogen-bond donors (Lipinski definition) is 0. The van der Waals surface area contributed by atoms with Crippen LogP contribution in [0, 0.1) is 24.0 Å². The molecule has 0 fully saturated rings. The monoisotopic (exact) mass is 394 g/mol. The Hall–Kier alpha value is -2.59. The van der Waals surface area contributed by atoms with Crippen molar-refractivity contribution >= 4 is 23.4 Å². The van der Waals surface area contributed by atoms with E-state index in [-0.39, 0.29) is 31.4 Å². The van der Waals surface area contributed by atoms with Gasteiger partial charge in [-0.05, 0) is 13.8 Å². The highest BCUT2D eigenvalue weighted by Crippen LogP contribution is 2.33. The average molecular weight is 394 g/mol. The van der Waals surface area contributed by atoms with Gasteiger partial charge in [0.05, 0.1) is 23.0 Å². The number of benzene rings is 1. The van der Waals surface area contributed by atoms with Crippen molar-refractivity contribution in [2.45, 2.75) is 32.8 Å². The van der Waals surface area contributed by atoms with Gasteiger partial charge in [0, 0.05) is 34.6 Å². The molecule has 0 amide bonds. The molecule has 1 aromatic carbocycles. The van der Waals surface area contributed by atoms with Gasteiger partial charge in [-0.2, -0.15) is 0 Å². The van der Waals surface area contributed by atoms with Crippen molar-refractivity contribution in [3.8, 4) is 5.75 Å². The summed E-state index contributed by atoms with van der Waals surface area (Å²) in [7, 11) is 0. The van der Waals surface area contributed by atoms with Gasteiger partial charge in [-0.25, -0.2) is 0 Å². The van der Waals surface area contributed by atoms with E-state index >= 15 is 0 Å². The molecular weight excluding hydrogens is 376 g/mol. The lowest BCUT2D eigenvalue weighted by Gasteiger charge is -2.20. The number of esters is 1. The molecule has 1 aliphatic rings. The number of thioether (sulfide) groups is 1. The lowest BCUT2D eigenvalue weighted by molar-refractivity contribution is -0.385. The van der Waals surface area contributed by atoms with E-state index in [1.807, 2.05) is 13.8 Å². The predicted octanol–water partition coefficient (Wildman–Crippen LogP) is 3.04. The van der Waals surface area contributed by atoms with E-state index in [2.05, 4.69) is 5.16 Å². The minimum Gasteiger partial charge on any atom is -0.467 e. The number of aromatic nitrogens is 1. The standard InChI is InChI=1S/C17H18N2O7S/c1-10-15(11(2)26-18-10)7-27-8-16(20)24-6-13-4-14(19(21)22)3-12-5-23-9-25-17(12)13/h3-4H,5-9H2,1-2H3. The fourth-order valence-corrected chi connectivity index (χ4v) is 3.61. The van der Waals surface area contributed by atoms with Gasteiger partial charge in [0.1, 0.15) is 18.1 Å². The molecule has 0 atom stereocenters. The van der Waals surface area contributed by atoms with Crippen molar-refractivity contribution in [3.05, 3.63) is 50.4 Å². The molecule has 2 aromatic rings. The zero-order chi connectivity index (χ0) is 19.4. The van der Waals surface area contributed by atoms with E-state index in [4.69, 9.17) is 18.7 Å². The smallest absolute Gasteiger partial charge is 0.316 e. The van der Waals surface area contributed by atoms with Gasteiger partial charge in [-0.1, -0.05) is 5.16 Å². The van der Waals surface area contributed by atoms with Crippen LogP contribution in [0.4, 0.5) is 5.69 Å². The summed E-state index contributed by atoms with van der Waals surface area (Å²) in [6.07, 6.45) is 0. The number of carbonyl (C=O) groups is 1. The molecule has 27 heavy (non-hydrogen) atoms. The van der Waals surface area contributed by atoms with Crippen molar-refractivity contribution in [1.82, 2.24) is 5.16 Å². The molecule has 1 aromatic heterocycles. The number of hydrogen-bond acceptors (Lipinski definition) is 9. The maximum atomic E-state index is 12.0. The highest BCUT2D eigenvalue weighted by Gasteiger charge is 2.22. The van der Waals surface area contributed by atoms with Gasteiger partial charge >= 0.3 is 5.97 Å². The fourth-order valence-electron chi connectivity index (χ4n) is 2.64. The van der Waals surface area contributed by atoms with Gasteiger partial charge in [0.2, 0.25) is 0 Å². The molecule has 0 spiro atoms. The first-order valence-electron chi connectivity index (χ1n) is 8.11. The molecule has 0 bridgehead atoms. The zero-order valence-electron chi connectivity index (χ0n) is 14.9. The molecule has 0 saturated heterocycles. The first-order chi connectivity index (χ1) is 13.0. The second kappa shape index (κ2) is 8.40. The minimum atomic E-state index is -0.500. The Labute approximate surface area is 159 Å². The molecule has 0 radical (unpaired) electrons. The van der Waals surface area contributed by atoms with Crippen molar-refractivity contribution in [3.63, 3.8) is 0 Å². The van der Waals surface area contributed by atoms with E-state index < -0.39 is 10.9 Å². The van der Waals surface area contributed by atoms with Gasteiger partial charge in [-0.15, -0.1) is 11.8 Å². The summed E-state index contributed by atoms with van der Waals surface area (Å²) < 4.78 is 20.9. The second-order valence-electron chi connectivity index (χ2n) is 5.92. The molecular formula is C17H18N2O7S. The van der Waals surface area contributed by atoms with E-state index in [1.54, 1.807) is 0 Å². The number of non-ortho nitro benzene ring substituents is 1. The molecule has 0 saturated carbocycles. The number of carbonyl (C=O) groups excluding carboxylic acids is 1. The van der Waals surface area contributed by atoms with Crippen LogP contribution in [-0.2, 0) is 33.2 Å². The zero-order valence-corrected chi connectivity index (χ0v) is 15.7. The van der Waals surface area contributed by atoms with E-state index in [0.717, 1.165) is 17.0 Å². The third-order valence-electron chi connectivity index (χ3n) is 4.02. The summed E-state index contributed by atoms with van der Waals surface area (Å²) in [5.41, 5.74) is 2.69. The molecule has 0 aliphatic carbocycles. The van der Waals surface area contributed by atoms with E-state index in [9.17, 15) is 14.9 Å². The Morgan fingerprint density at radius 1 is 1.41 bits per heavy atom. The number of nitro groups is 1. The Morgan fingerprint density at radius 2 is 2.22 bits per heavy atom. The summed E-state index contributed by atoms with van der Waals surface area (Å²) >= 11 is 1.39. The number of ether oxygens (including phenoxy) is 3. The van der Waals surface area contributed by atoms with Crippen molar-refractivity contribution in [1.29, 1.82) is 0 Å². The largest absolute Gasteiger partial charge is 0.467 e. The highest BCUT2D eigenvalue weighted by molar-refractivity contribution is 7.99. The molecule has 144 valence electrons. The number of fused-ring (bicyclic) bond motifs is 1. The second-order valence-corrected chi connectivity index (χ2v) is 6.90. The quantitative estimate of drug-likeness (QED) is 0.397. The molecule has 10 heteroatoms. The molecule has 2 heterocycles. The van der Waals surface area contributed by atoms with Crippen LogP contribution in [0.3, 0.4) is 0 Å². The van der Waals surface area contributed by atoms with Gasteiger partial charge < -0.3 is 18.7 Å². The average Bonchev–Trinajstić information content (AvgIpc) is 2.97. The third kappa shape index (κ3) is 4.58. The van der Waals surface area contributed by atoms with Gasteiger partial charge in [0.15, 0.2) is 6.79 Å². The Morgan fingerprint density at radius 3 is 2.93 bits per heavy atom. The van der Waals surface area contributed by atoms with Crippen LogP contribution in [0.2, 0.25) is 0 Å². The van der Waals surface area contributed by atoms with E-state index in [0.29, 0.717) is 22.6 Å². The summed E-state index contributed by atoms with van der Waals surface area (Å²) in [5.74, 6) is 1.52. The lowest BCUT2D eigenvalue weighted by Crippen LogP contribution is -2.15. The Kier molecular flexibility index (Phi) is 5.97. The summed E-state index contributed by atoms with van der Waals surface area (Å²) in [4.78, 5) is 22.6. The molecule has 9 nitrogen and oxygen atoms in total. The van der Waals surface area contributed by atoms with Crippen LogP contribution in [0.5, 0.6) is 5.75 Å². The van der Waals surface area contributed by atoms with Crippen molar-refractivity contribution in [2.24, 2.45) is 0 Å². The lowest BCUT2D eigenvalue weighted by atomic mass is 10.1. The normalized spacial score (nSPS) is 13.0. The third-order valence-corrected chi connectivity index (χ3v) is 4.95. The van der Waals surface area contributed by atoms with Gasteiger partial charge in [-0.3, -0.25) is 14.9 Å². The Balaban J connectivity index is 1.58. The van der Waals surface area contributed by atoms with E-state index in [1.165, 1.54) is 23.9 Å². The van der Waals surface area contributed by atoms with Crippen LogP contribution < -0.4 is 4.74 Å². The van der Waals surface area contributed by atoms with Crippen LogP contribution in [0.15, 0.2) is 16.7 Å². The Bertz CT molecular complexity index is 846. The summed E-state index contributed by atoms with van der Waals surface area (Å²) in [6, 6.07) is 2.76. The topological polar surface area (TPSA) is 114 Å². The van der Waals surface area contributed by atoms with Gasteiger partial charge in [0.25, 0.3) is 5.69 Å². The predicted molar refractivity (Wildman–Crippen MR) is 95.3 cm³/mol. The number of nitro benzene ring substituents is 1. The minimum absolute atomic E-state index is 0.0546. The number of rotatable bonds is 7. The van der Waals surface area contributed by atoms with Crippen molar-refractivity contribution < 1.29 is 28.5 Å². The maximum absolute atomic E-state index is 12.0. The SMILES string of the molecule is Cc1noc(C)c1CSCC(=O)OCc1cc([N+](=O)[O-])cc2c1OCOC2.